The van der Waals surface area contributed by atoms with Crippen molar-refractivity contribution in [3.05, 3.63) is 29.8 Å². The minimum absolute atomic E-state index is 0.0113. The lowest BCUT2D eigenvalue weighted by Gasteiger charge is -2.60. The molecule has 4 rings (SSSR count). The van der Waals surface area contributed by atoms with E-state index in [9.17, 15) is 9.59 Å². The van der Waals surface area contributed by atoms with E-state index in [0.29, 0.717) is 12.0 Å². The van der Waals surface area contributed by atoms with Gasteiger partial charge in [0, 0.05) is 6.54 Å². The maximum atomic E-state index is 13.2. The number of hydrogen-bond donors (Lipinski definition) is 2. The molecule has 1 aromatic rings. The van der Waals surface area contributed by atoms with Crippen molar-refractivity contribution >= 4 is 11.8 Å². The lowest BCUT2D eigenvalue weighted by Crippen LogP contribution is -2.63. The Morgan fingerprint density at radius 3 is 2.48 bits per heavy atom. The molecule has 0 bridgehead atoms. The van der Waals surface area contributed by atoms with Crippen molar-refractivity contribution in [3.63, 3.8) is 0 Å². The van der Waals surface area contributed by atoms with Gasteiger partial charge in [0.2, 0.25) is 11.8 Å². The zero-order chi connectivity index (χ0) is 17.5. The molecule has 1 aliphatic heterocycles. The Morgan fingerprint density at radius 2 is 1.92 bits per heavy atom. The van der Waals surface area contributed by atoms with Crippen LogP contribution in [0, 0.1) is 5.41 Å². The molecule has 2 saturated carbocycles. The fourth-order valence-electron chi connectivity index (χ4n) is 4.87. The molecule has 3 fully saturated rings. The maximum Gasteiger partial charge on any atom is 0.242 e. The fraction of sp³-hybridized carbons (Fsp3) is 0.600. The predicted octanol–water partition coefficient (Wildman–Crippen LogP) is 2.29. The highest BCUT2D eigenvalue weighted by atomic mass is 16.5. The molecule has 2 aliphatic carbocycles. The van der Waals surface area contributed by atoms with Gasteiger partial charge >= 0.3 is 0 Å². The third-order valence-corrected chi connectivity index (χ3v) is 6.44. The summed E-state index contributed by atoms with van der Waals surface area (Å²) in [6.07, 6.45) is 7.14. The molecule has 25 heavy (non-hydrogen) atoms. The molecule has 5 heteroatoms. The minimum Gasteiger partial charge on any atom is -0.497 e. The molecule has 1 atom stereocenters. The Hall–Kier alpha value is -2.04. The zero-order valence-electron chi connectivity index (χ0n) is 14.8. The first-order valence-electron chi connectivity index (χ1n) is 9.30. The van der Waals surface area contributed by atoms with Crippen LogP contribution in [0.5, 0.6) is 5.75 Å². The molecule has 3 aliphatic rings. The van der Waals surface area contributed by atoms with E-state index in [1.54, 1.807) is 7.11 Å². The van der Waals surface area contributed by atoms with Crippen LogP contribution in [0.25, 0.3) is 0 Å². The lowest BCUT2D eigenvalue weighted by molar-refractivity contribution is -0.145. The number of amides is 2. The molecular formula is C20H26N2O3. The molecule has 2 amide bonds. The van der Waals surface area contributed by atoms with Gasteiger partial charge in [0.15, 0.2) is 0 Å². The van der Waals surface area contributed by atoms with Gasteiger partial charge in [-0.2, -0.15) is 0 Å². The molecule has 1 unspecified atom stereocenters. The van der Waals surface area contributed by atoms with Crippen LogP contribution in [0.4, 0.5) is 0 Å². The van der Waals surface area contributed by atoms with Gasteiger partial charge in [0.25, 0.3) is 0 Å². The van der Waals surface area contributed by atoms with Gasteiger partial charge in [-0.25, -0.2) is 0 Å². The fourth-order valence-corrected chi connectivity index (χ4v) is 4.87. The Labute approximate surface area is 148 Å². The van der Waals surface area contributed by atoms with Gasteiger partial charge in [-0.15, -0.1) is 0 Å². The van der Waals surface area contributed by atoms with Crippen molar-refractivity contribution in [2.45, 2.75) is 56.4 Å². The van der Waals surface area contributed by atoms with Crippen molar-refractivity contribution in [2.24, 2.45) is 5.41 Å². The Morgan fingerprint density at radius 1 is 1.20 bits per heavy atom. The molecule has 134 valence electrons. The monoisotopic (exact) mass is 342 g/mol. The number of benzene rings is 1. The summed E-state index contributed by atoms with van der Waals surface area (Å²) < 4.78 is 5.25. The van der Waals surface area contributed by atoms with Crippen LogP contribution in [-0.4, -0.2) is 31.5 Å². The Kier molecular flexibility index (Phi) is 3.97. The standard InChI is InChI=1S/C20H26N2O3/c1-25-15-7-5-14(6-8-15)20(12-19(13-20)9-3-10-19)18(24)22-16-4-2-11-21-17(16)23/h5-8,16H,2-4,9-13H2,1H3,(H,21,23)(H,22,24). The Bertz CT molecular complexity index is 671. The van der Waals surface area contributed by atoms with Crippen LogP contribution >= 0.6 is 0 Å². The van der Waals surface area contributed by atoms with Gasteiger partial charge in [-0.1, -0.05) is 18.6 Å². The number of nitrogens with one attached hydrogen (secondary N) is 2. The van der Waals surface area contributed by atoms with E-state index >= 15 is 0 Å². The molecule has 1 aromatic carbocycles. The van der Waals surface area contributed by atoms with E-state index in [-0.39, 0.29) is 11.8 Å². The number of piperidine rings is 1. The van der Waals surface area contributed by atoms with Crippen LogP contribution in [0.3, 0.4) is 0 Å². The SMILES string of the molecule is COc1ccc(C2(C(=O)NC3CCCNC3=O)CC3(CCC3)C2)cc1. The average Bonchev–Trinajstić information content (AvgIpc) is 2.55. The van der Waals surface area contributed by atoms with E-state index in [4.69, 9.17) is 4.74 Å². The third kappa shape index (κ3) is 2.70. The summed E-state index contributed by atoms with van der Waals surface area (Å²) in [6, 6.07) is 7.46. The number of ether oxygens (including phenoxy) is 1. The van der Waals surface area contributed by atoms with Crippen molar-refractivity contribution in [1.82, 2.24) is 10.6 Å². The van der Waals surface area contributed by atoms with Gasteiger partial charge in [-0.3, -0.25) is 9.59 Å². The van der Waals surface area contributed by atoms with E-state index in [2.05, 4.69) is 10.6 Å². The largest absolute Gasteiger partial charge is 0.497 e. The molecule has 1 spiro atoms. The topological polar surface area (TPSA) is 67.4 Å². The number of carbonyl (C=O) groups is 2. The van der Waals surface area contributed by atoms with E-state index in [1.165, 1.54) is 19.3 Å². The first kappa shape index (κ1) is 16.4. The molecule has 0 aromatic heterocycles. The highest BCUT2D eigenvalue weighted by Crippen LogP contribution is 2.65. The third-order valence-electron chi connectivity index (χ3n) is 6.44. The second kappa shape index (κ2) is 6.04. The first-order valence-corrected chi connectivity index (χ1v) is 9.30. The maximum absolute atomic E-state index is 13.2. The van der Waals surface area contributed by atoms with Crippen LogP contribution in [-0.2, 0) is 15.0 Å². The molecule has 0 radical (unpaired) electrons. The van der Waals surface area contributed by atoms with Crippen LogP contribution < -0.4 is 15.4 Å². The van der Waals surface area contributed by atoms with E-state index < -0.39 is 11.5 Å². The average molecular weight is 342 g/mol. The number of carbonyl (C=O) groups excluding carboxylic acids is 2. The summed E-state index contributed by atoms with van der Waals surface area (Å²) in [7, 11) is 1.64. The first-order chi connectivity index (χ1) is 12.1. The predicted molar refractivity (Wildman–Crippen MR) is 94.4 cm³/mol. The van der Waals surface area contributed by atoms with E-state index in [0.717, 1.165) is 37.0 Å². The second-order valence-electron chi connectivity index (χ2n) is 7.98. The Balaban J connectivity index is 1.57. The highest BCUT2D eigenvalue weighted by molar-refractivity contribution is 5.94. The van der Waals surface area contributed by atoms with Crippen LogP contribution in [0.2, 0.25) is 0 Å². The second-order valence-corrected chi connectivity index (χ2v) is 7.98. The molecule has 2 N–H and O–H groups in total. The number of methoxy groups -OCH3 is 1. The van der Waals surface area contributed by atoms with Gasteiger partial charge in [0.05, 0.1) is 12.5 Å². The smallest absolute Gasteiger partial charge is 0.242 e. The van der Waals surface area contributed by atoms with Crippen molar-refractivity contribution in [2.75, 3.05) is 13.7 Å². The summed E-state index contributed by atoms with van der Waals surface area (Å²) in [5.74, 6) is 0.753. The highest BCUT2D eigenvalue weighted by Gasteiger charge is 2.61. The van der Waals surface area contributed by atoms with Crippen molar-refractivity contribution < 1.29 is 14.3 Å². The molecule has 1 heterocycles. The zero-order valence-corrected chi connectivity index (χ0v) is 14.8. The quantitative estimate of drug-likeness (QED) is 0.882. The van der Waals surface area contributed by atoms with E-state index in [1.807, 2.05) is 24.3 Å². The number of rotatable bonds is 4. The summed E-state index contributed by atoms with van der Waals surface area (Å²) >= 11 is 0. The summed E-state index contributed by atoms with van der Waals surface area (Å²) in [5.41, 5.74) is 0.899. The van der Waals surface area contributed by atoms with Gasteiger partial charge in [0.1, 0.15) is 11.8 Å². The number of hydrogen-bond acceptors (Lipinski definition) is 3. The summed E-state index contributed by atoms with van der Waals surface area (Å²) in [6.45, 7) is 0.706. The van der Waals surface area contributed by atoms with Gasteiger partial charge < -0.3 is 15.4 Å². The van der Waals surface area contributed by atoms with Crippen LogP contribution in [0.15, 0.2) is 24.3 Å². The van der Waals surface area contributed by atoms with Gasteiger partial charge in [-0.05, 0) is 61.6 Å². The van der Waals surface area contributed by atoms with Crippen LogP contribution in [0.1, 0.15) is 50.5 Å². The lowest BCUT2D eigenvalue weighted by atomic mass is 9.43. The molecular weight excluding hydrogens is 316 g/mol. The minimum atomic E-state index is -0.496. The normalized spacial score (nSPS) is 26.1. The van der Waals surface area contributed by atoms with Crippen molar-refractivity contribution in [1.29, 1.82) is 0 Å². The van der Waals surface area contributed by atoms with Crippen molar-refractivity contribution in [3.8, 4) is 5.75 Å². The molecule has 5 nitrogen and oxygen atoms in total. The summed E-state index contributed by atoms with van der Waals surface area (Å²) in [5, 5.41) is 5.89. The summed E-state index contributed by atoms with van der Waals surface area (Å²) in [4.78, 5) is 25.3. The molecule has 1 saturated heterocycles.